The maximum Gasteiger partial charge on any atom is 0.332 e. The second-order valence-corrected chi connectivity index (χ2v) is 1.47. The number of halogens is 1. The average Bonchev–Trinajstić information content (AvgIpc) is 1.69. The van der Waals surface area contributed by atoms with Crippen molar-refractivity contribution < 1.29 is 14.6 Å². The first kappa shape index (κ1) is 11.5. The molecule has 0 aromatic rings. The van der Waals surface area contributed by atoms with Crippen molar-refractivity contribution in [1.82, 2.24) is 0 Å². The number of carboxylic acids is 1. The Labute approximate surface area is 60.4 Å². The number of hydrogen-bond acceptors (Lipinski definition) is 2. The van der Waals surface area contributed by atoms with Crippen molar-refractivity contribution in [2.24, 2.45) is 0 Å². The van der Waals surface area contributed by atoms with E-state index in [9.17, 15) is 4.79 Å². The summed E-state index contributed by atoms with van der Waals surface area (Å²) >= 11 is 0. The summed E-state index contributed by atoms with van der Waals surface area (Å²) in [4.78, 5) is 10.0. The molecule has 0 rings (SSSR count). The smallest absolute Gasteiger partial charge is 0.332 e. The third-order valence-corrected chi connectivity index (χ3v) is 0.931. The van der Waals surface area contributed by atoms with Gasteiger partial charge in [-0.05, 0) is 6.42 Å². The molecule has 0 radical (unpaired) electrons. The van der Waals surface area contributed by atoms with Crippen LogP contribution in [0.4, 0.5) is 0 Å². The normalized spacial score (nSPS) is 11.8. The molecule has 0 saturated heterocycles. The van der Waals surface area contributed by atoms with E-state index in [0.29, 0.717) is 6.42 Å². The molecule has 4 heteroatoms. The predicted octanol–water partition coefficient (Wildman–Crippen LogP) is 0.918. The summed E-state index contributed by atoms with van der Waals surface area (Å²) in [6, 6.07) is 0. The molecule has 0 amide bonds. The van der Waals surface area contributed by atoms with E-state index in [1.54, 1.807) is 6.92 Å². The molecule has 0 aliphatic heterocycles. The molecule has 0 fully saturated rings. The van der Waals surface area contributed by atoms with Crippen LogP contribution in [0, 0.1) is 0 Å². The molecular weight excluding hydrogens is 144 g/mol. The van der Waals surface area contributed by atoms with Crippen molar-refractivity contribution >= 4 is 18.4 Å². The summed E-state index contributed by atoms with van der Waals surface area (Å²) in [5.74, 6) is -0.894. The fourth-order valence-corrected chi connectivity index (χ4v) is 0.442. The minimum atomic E-state index is -0.894. The van der Waals surface area contributed by atoms with Gasteiger partial charge in [0, 0.05) is 7.11 Å². The van der Waals surface area contributed by atoms with Crippen molar-refractivity contribution in [3.8, 4) is 0 Å². The van der Waals surface area contributed by atoms with Crippen LogP contribution in [0.1, 0.15) is 13.3 Å². The van der Waals surface area contributed by atoms with E-state index < -0.39 is 12.1 Å². The van der Waals surface area contributed by atoms with E-state index in [0.717, 1.165) is 0 Å². The van der Waals surface area contributed by atoms with Gasteiger partial charge in [0.15, 0.2) is 6.10 Å². The van der Waals surface area contributed by atoms with Gasteiger partial charge in [0.1, 0.15) is 0 Å². The van der Waals surface area contributed by atoms with E-state index in [1.165, 1.54) is 7.11 Å². The largest absolute Gasteiger partial charge is 0.479 e. The van der Waals surface area contributed by atoms with Crippen molar-refractivity contribution in [1.29, 1.82) is 0 Å². The maximum absolute atomic E-state index is 10.0. The van der Waals surface area contributed by atoms with Gasteiger partial charge in [-0.25, -0.2) is 4.79 Å². The van der Waals surface area contributed by atoms with Crippen LogP contribution in [0.5, 0.6) is 0 Å². The molecule has 0 heterocycles. The first-order chi connectivity index (χ1) is 3.72. The zero-order chi connectivity index (χ0) is 6.57. The highest BCUT2D eigenvalue weighted by molar-refractivity contribution is 5.85. The Morgan fingerprint density at radius 2 is 2.22 bits per heavy atom. The fourth-order valence-electron chi connectivity index (χ4n) is 0.442. The Hall–Kier alpha value is -0.280. The standard InChI is InChI=1S/C5H10O3.ClH/c1-3-4(8-2)5(6)7;/h4H,3H2,1-2H3,(H,6,7);1H/t4-;/m1./s1. The van der Waals surface area contributed by atoms with E-state index in [2.05, 4.69) is 4.74 Å². The van der Waals surface area contributed by atoms with Crippen molar-refractivity contribution in [2.75, 3.05) is 7.11 Å². The number of methoxy groups -OCH3 is 1. The monoisotopic (exact) mass is 154 g/mol. The van der Waals surface area contributed by atoms with Crippen molar-refractivity contribution in [3.05, 3.63) is 0 Å². The lowest BCUT2D eigenvalue weighted by Crippen LogP contribution is -2.20. The van der Waals surface area contributed by atoms with Crippen LogP contribution >= 0.6 is 12.4 Å². The number of carboxylic acid groups (broad SMARTS) is 1. The molecule has 1 atom stereocenters. The lowest BCUT2D eigenvalue weighted by molar-refractivity contribution is -0.148. The third-order valence-electron chi connectivity index (χ3n) is 0.931. The van der Waals surface area contributed by atoms with E-state index in [-0.39, 0.29) is 12.4 Å². The molecule has 56 valence electrons. The van der Waals surface area contributed by atoms with Crippen LogP contribution in [-0.4, -0.2) is 24.3 Å². The third kappa shape index (κ3) is 4.24. The van der Waals surface area contributed by atoms with Gasteiger partial charge in [0.05, 0.1) is 0 Å². The Balaban J connectivity index is 0. The Kier molecular flexibility index (Phi) is 7.48. The lowest BCUT2D eigenvalue weighted by Gasteiger charge is -2.04. The zero-order valence-electron chi connectivity index (χ0n) is 5.46. The predicted molar refractivity (Wildman–Crippen MR) is 36.0 cm³/mol. The van der Waals surface area contributed by atoms with Crippen LogP contribution in [0.2, 0.25) is 0 Å². The average molecular weight is 155 g/mol. The van der Waals surface area contributed by atoms with Crippen LogP contribution < -0.4 is 0 Å². The van der Waals surface area contributed by atoms with Gasteiger partial charge in [-0.1, -0.05) is 6.92 Å². The van der Waals surface area contributed by atoms with Gasteiger partial charge in [0.25, 0.3) is 0 Å². The second kappa shape index (κ2) is 5.85. The van der Waals surface area contributed by atoms with E-state index in [4.69, 9.17) is 5.11 Å². The highest BCUT2D eigenvalue weighted by Gasteiger charge is 2.11. The van der Waals surface area contributed by atoms with Gasteiger partial charge < -0.3 is 9.84 Å². The van der Waals surface area contributed by atoms with Gasteiger partial charge >= 0.3 is 5.97 Å². The van der Waals surface area contributed by atoms with Crippen molar-refractivity contribution in [2.45, 2.75) is 19.4 Å². The number of rotatable bonds is 3. The summed E-state index contributed by atoms with van der Waals surface area (Å²) < 4.78 is 4.56. The minimum absolute atomic E-state index is 0. The topological polar surface area (TPSA) is 46.5 Å². The van der Waals surface area contributed by atoms with Crippen LogP contribution in [0.3, 0.4) is 0 Å². The highest BCUT2D eigenvalue weighted by Crippen LogP contribution is 1.93. The van der Waals surface area contributed by atoms with Gasteiger partial charge in [0.2, 0.25) is 0 Å². The van der Waals surface area contributed by atoms with Crippen molar-refractivity contribution in [3.63, 3.8) is 0 Å². The molecule has 0 aliphatic carbocycles. The fraction of sp³-hybridized carbons (Fsp3) is 0.800. The number of hydrogen-bond donors (Lipinski definition) is 1. The molecule has 0 aromatic heterocycles. The van der Waals surface area contributed by atoms with E-state index in [1.807, 2.05) is 0 Å². The molecule has 0 aliphatic rings. The number of aliphatic carboxylic acids is 1. The summed E-state index contributed by atoms with van der Waals surface area (Å²) in [5, 5.41) is 8.25. The van der Waals surface area contributed by atoms with Crippen LogP contribution in [0.15, 0.2) is 0 Å². The zero-order valence-corrected chi connectivity index (χ0v) is 6.27. The van der Waals surface area contributed by atoms with Gasteiger partial charge in [-0.3, -0.25) is 0 Å². The lowest BCUT2D eigenvalue weighted by atomic mass is 10.3. The van der Waals surface area contributed by atoms with Gasteiger partial charge in [-0.2, -0.15) is 0 Å². The molecule has 0 bridgehead atoms. The molecular formula is C5H11ClO3. The highest BCUT2D eigenvalue weighted by atomic mass is 35.5. The second-order valence-electron chi connectivity index (χ2n) is 1.47. The first-order valence-electron chi connectivity index (χ1n) is 2.48. The molecule has 9 heavy (non-hydrogen) atoms. The summed E-state index contributed by atoms with van der Waals surface area (Å²) in [7, 11) is 1.39. The molecule has 1 N–H and O–H groups in total. The summed E-state index contributed by atoms with van der Waals surface area (Å²) in [6.45, 7) is 1.77. The summed E-state index contributed by atoms with van der Waals surface area (Å²) in [5.41, 5.74) is 0. The molecule has 0 unspecified atom stereocenters. The molecule has 0 spiro atoms. The molecule has 3 nitrogen and oxygen atoms in total. The Bertz CT molecular complexity index is 80.3. The molecule has 0 saturated carbocycles. The Morgan fingerprint density at radius 1 is 1.78 bits per heavy atom. The number of carbonyl (C=O) groups is 1. The van der Waals surface area contributed by atoms with Crippen LogP contribution in [-0.2, 0) is 9.53 Å². The first-order valence-corrected chi connectivity index (χ1v) is 2.48. The molecule has 0 aromatic carbocycles. The van der Waals surface area contributed by atoms with Crippen LogP contribution in [0.25, 0.3) is 0 Å². The SMILES string of the molecule is CC[C@@H](OC)C(=O)O.Cl. The summed E-state index contributed by atoms with van der Waals surface area (Å²) in [6.07, 6.45) is -0.110. The number of ether oxygens (including phenoxy) is 1. The van der Waals surface area contributed by atoms with E-state index >= 15 is 0 Å². The Morgan fingerprint density at radius 3 is 2.22 bits per heavy atom. The maximum atomic E-state index is 10.0. The minimum Gasteiger partial charge on any atom is -0.479 e. The van der Waals surface area contributed by atoms with Gasteiger partial charge in [-0.15, -0.1) is 12.4 Å². The quantitative estimate of drug-likeness (QED) is 0.658.